The number of ether oxygens (including phenoxy) is 1. The highest BCUT2D eigenvalue weighted by molar-refractivity contribution is 6.33. The van der Waals surface area contributed by atoms with Crippen molar-refractivity contribution in [3.05, 3.63) is 57.8 Å². The Morgan fingerprint density at radius 1 is 1.26 bits per heavy atom. The van der Waals surface area contributed by atoms with Crippen LogP contribution < -0.4 is 10.1 Å². The number of amides is 1. The largest absolute Gasteiger partial charge is 0.479 e. The maximum absolute atomic E-state index is 13.0. The van der Waals surface area contributed by atoms with Gasteiger partial charge in [-0.25, -0.2) is 4.39 Å². The quantitative estimate of drug-likeness (QED) is 0.886. The zero-order chi connectivity index (χ0) is 17.0. The number of hydrogen-bond donors (Lipinski definition) is 1. The molecule has 0 fully saturated rings. The van der Waals surface area contributed by atoms with Gasteiger partial charge in [0.25, 0.3) is 5.91 Å². The molecule has 1 atom stereocenters. The molecule has 0 saturated heterocycles. The van der Waals surface area contributed by atoms with E-state index >= 15 is 0 Å². The van der Waals surface area contributed by atoms with E-state index in [1.807, 2.05) is 6.07 Å². The molecule has 23 heavy (non-hydrogen) atoms. The second-order valence-corrected chi connectivity index (χ2v) is 5.44. The molecule has 0 aliphatic heterocycles. The summed E-state index contributed by atoms with van der Waals surface area (Å²) < 4.78 is 18.4. The van der Waals surface area contributed by atoms with Gasteiger partial charge in [0.15, 0.2) is 6.10 Å². The van der Waals surface area contributed by atoms with Crippen molar-refractivity contribution < 1.29 is 13.9 Å². The number of nitrogens with one attached hydrogen (secondary N) is 1. The van der Waals surface area contributed by atoms with Crippen LogP contribution in [0.15, 0.2) is 36.4 Å². The van der Waals surface area contributed by atoms with Crippen LogP contribution in [0.3, 0.4) is 0 Å². The minimum Gasteiger partial charge on any atom is -0.479 e. The van der Waals surface area contributed by atoms with Gasteiger partial charge < -0.3 is 10.1 Å². The number of nitriles is 1. The van der Waals surface area contributed by atoms with Crippen molar-refractivity contribution in [3.8, 4) is 11.8 Å². The minimum atomic E-state index is -0.874. The van der Waals surface area contributed by atoms with Crippen molar-refractivity contribution in [3.63, 3.8) is 0 Å². The van der Waals surface area contributed by atoms with Crippen molar-refractivity contribution in [2.24, 2.45) is 0 Å². The second kappa shape index (κ2) is 7.32. The van der Waals surface area contributed by atoms with Gasteiger partial charge in [0, 0.05) is 0 Å². The maximum atomic E-state index is 13.0. The summed E-state index contributed by atoms with van der Waals surface area (Å²) in [5.41, 5.74) is 0.664. The summed E-state index contributed by atoms with van der Waals surface area (Å²) in [6, 6.07) is 10.1. The minimum absolute atomic E-state index is 0.0851. The van der Waals surface area contributed by atoms with Crippen LogP contribution in [0.25, 0.3) is 0 Å². The van der Waals surface area contributed by atoms with Crippen molar-refractivity contribution >= 4 is 34.8 Å². The van der Waals surface area contributed by atoms with Crippen LogP contribution >= 0.6 is 23.2 Å². The molecule has 0 radical (unpaired) electrons. The molecule has 0 heterocycles. The van der Waals surface area contributed by atoms with Crippen LogP contribution in [0, 0.1) is 17.1 Å². The molecule has 0 unspecified atom stereocenters. The fraction of sp³-hybridized carbons (Fsp3) is 0.125. The first kappa shape index (κ1) is 17.1. The molecule has 2 rings (SSSR count). The summed E-state index contributed by atoms with van der Waals surface area (Å²) in [7, 11) is 0. The van der Waals surface area contributed by atoms with Gasteiger partial charge in [-0.3, -0.25) is 4.79 Å². The van der Waals surface area contributed by atoms with Crippen LogP contribution in [0.5, 0.6) is 5.75 Å². The lowest BCUT2D eigenvalue weighted by molar-refractivity contribution is -0.122. The van der Waals surface area contributed by atoms with E-state index in [9.17, 15) is 9.18 Å². The van der Waals surface area contributed by atoms with Gasteiger partial charge in [-0.05, 0) is 43.3 Å². The first-order valence-corrected chi connectivity index (χ1v) is 7.28. The molecule has 7 heteroatoms. The van der Waals surface area contributed by atoms with Crippen LogP contribution in [-0.2, 0) is 4.79 Å². The zero-order valence-corrected chi connectivity index (χ0v) is 13.5. The smallest absolute Gasteiger partial charge is 0.265 e. The van der Waals surface area contributed by atoms with Crippen molar-refractivity contribution in [2.45, 2.75) is 13.0 Å². The van der Waals surface area contributed by atoms with E-state index in [2.05, 4.69) is 5.32 Å². The van der Waals surface area contributed by atoms with Gasteiger partial charge in [-0.1, -0.05) is 23.2 Å². The molecule has 0 aliphatic carbocycles. The summed E-state index contributed by atoms with van der Waals surface area (Å²) in [6.07, 6.45) is -0.874. The third-order valence-corrected chi connectivity index (χ3v) is 3.53. The van der Waals surface area contributed by atoms with E-state index < -0.39 is 17.8 Å². The third-order valence-electron chi connectivity index (χ3n) is 2.92. The Hall–Kier alpha value is -2.29. The molecule has 0 bridgehead atoms. The number of anilines is 1. The summed E-state index contributed by atoms with van der Waals surface area (Å²) in [5.74, 6) is -0.695. The van der Waals surface area contributed by atoms with Gasteiger partial charge in [0.05, 0.1) is 27.4 Å². The highest BCUT2D eigenvalue weighted by Crippen LogP contribution is 2.27. The average Bonchev–Trinajstić information content (AvgIpc) is 2.51. The topological polar surface area (TPSA) is 62.1 Å². The first-order valence-electron chi connectivity index (χ1n) is 6.53. The highest BCUT2D eigenvalue weighted by Gasteiger charge is 2.17. The summed E-state index contributed by atoms with van der Waals surface area (Å²) in [5, 5.41) is 11.6. The Bertz CT molecular complexity index is 790. The molecule has 0 spiro atoms. The van der Waals surface area contributed by atoms with Crippen molar-refractivity contribution in [2.75, 3.05) is 5.32 Å². The molecule has 0 saturated carbocycles. The summed E-state index contributed by atoms with van der Waals surface area (Å²) in [6.45, 7) is 1.53. The molecule has 2 aromatic rings. The average molecular weight is 353 g/mol. The van der Waals surface area contributed by atoms with Crippen molar-refractivity contribution in [1.82, 2.24) is 0 Å². The van der Waals surface area contributed by atoms with Gasteiger partial charge in [0.2, 0.25) is 0 Å². The predicted octanol–water partition coefficient (Wildman–Crippen LogP) is 4.41. The number of benzene rings is 2. The Morgan fingerprint density at radius 2 is 2.00 bits per heavy atom. The Morgan fingerprint density at radius 3 is 2.61 bits per heavy atom. The number of halogens is 3. The second-order valence-electron chi connectivity index (χ2n) is 4.63. The van der Waals surface area contributed by atoms with Crippen LogP contribution in [0.4, 0.5) is 10.1 Å². The molecule has 1 N–H and O–H groups in total. The van der Waals surface area contributed by atoms with Crippen molar-refractivity contribution in [1.29, 1.82) is 5.26 Å². The molecule has 1 amide bonds. The zero-order valence-electron chi connectivity index (χ0n) is 11.9. The number of hydrogen-bond acceptors (Lipinski definition) is 3. The molecule has 0 aliphatic rings. The first-order chi connectivity index (χ1) is 10.9. The van der Waals surface area contributed by atoms with Crippen LogP contribution in [0.1, 0.15) is 12.5 Å². The lowest BCUT2D eigenvalue weighted by Crippen LogP contribution is -2.30. The van der Waals surface area contributed by atoms with Gasteiger partial charge >= 0.3 is 0 Å². The SMILES string of the molecule is C[C@@H](Oc1ccc(C#N)cc1Cl)C(=O)Nc1ccc(F)cc1Cl. The monoisotopic (exact) mass is 352 g/mol. The van der Waals surface area contributed by atoms with E-state index in [1.54, 1.807) is 0 Å². The fourth-order valence-corrected chi connectivity index (χ4v) is 2.17. The van der Waals surface area contributed by atoms with E-state index in [4.69, 9.17) is 33.2 Å². The maximum Gasteiger partial charge on any atom is 0.265 e. The number of rotatable bonds is 4. The lowest BCUT2D eigenvalue weighted by atomic mass is 10.2. The fourth-order valence-electron chi connectivity index (χ4n) is 1.74. The molecule has 0 aromatic heterocycles. The Kier molecular flexibility index (Phi) is 5.43. The van der Waals surface area contributed by atoms with Crippen LogP contribution in [0.2, 0.25) is 10.0 Å². The van der Waals surface area contributed by atoms with E-state index in [0.29, 0.717) is 5.56 Å². The molecule has 4 nitrogen and oxygen atoms in total. The Labute approximate surface area is 142 Å². The lowest BCUT2D eigenvalue weighted by Gasteiger charge is -2.16. The highest BCUT2D eigenvalue weighted by atomic mass is 35.5. The molecule has 118 valence electrons. The number of carbonyl (C=O) groups excluding carboxylic acids is 1. The predicted molar refractivity (Wildman–Crippen MR) is 86.3 cm³/mol. The summed E-state index contributed by atoms with van der Waals surface area (Å²) in [4.78, 5) is 12.1. The Balaban J connectivity index is 2.07. The standard InChI is InChI=1S/C16H11Cl2FN2O2/c1-9(23-15-5-2-10(8-20)6-13(15)18)16(22)21-14-4-3-11(19)7-12(14)17/h2-7,9H,1H3,(H,21,22)/t9-/m1/s1. The molecular weight excluding hydrogens is 342 g/mol. The van der Waals surface area contributed by atoms with E-state index in [-0.39, 0.29) is 21.5 Å². The number of carbonyl (C=O) groups is 1. The van der Waals surface area contributed by atoms with Gasteiger partial charge in [-0.2, -0.15) is 5.26 Å². The van der Waals surface area contributed by atoms with Gasteiger partial charge in [-0.15, -0.1) is 0 Å². The van der Waals surface area contributed by atoms with E-state index in [0.717, 1.165) is 6.07 Å². The number of nitrogens with zero attached hydrogens (tertiary/aromatic N) is 1. The third kappa shape index (κ3) is 4.35. The van der Waals surface area contributed by atoms with Crippen LogP contribution in [-0.4, -0.2) is 12.0 Å². The van der Waals surface area contributed by atoms with Gasteiger partial charge in [0.1, 0.15) is 11.6 Å². The molecule has 2 aromatic carbocycles. The van der Waals surface area contributed by atoms with E-state index in [1.165, 1.54) is 37.3 Å². The molecular formula is C16H11Cl2FN2O2. The summed E-state index contributed by atoms with van der Waals surface area (Å²) >= 11 is 11.8. The normalized spacial score (nSPS) is 11.4.